The molecule has 70 valence electrons. The second-order valence-corrected chi connectivity index (χ2v) is 2.55. The van der Waals surface area contributed by atoms with Gasteiger partial charge in [0.1, 0.15) is 6.10 Å². The third-order valence-electron chi connectivity index (χ3n) is 0.357. The molecule has 0 spiro atoms. The van der Waals surface area contributed by atoms with Gasteiger partial charge in [-0.2, -0.15) is 0 Å². The normalized spacial score (nSPS) is 11.8. The molecule has 0 fully saturated rings. The van der Waals surface area contributed by atoms with Gasteiger partial charge in [0.2, 0.25) is 0 Å². The Labute approximate surface area is 90.6 Å². The summed E-state index contributed by atoms with van der Waals surface area (Å²) in [4.78, 5) is 31.0. The van der Waals surface area contributed by atoms with Gasteiger partial charge in [-0.15, -0.1) is 0 Å². The van der Waals surface area contributed by atoms with E-state index in [1.807, 2.05) is 0 Å². The summed E-state index contributed by atoms with van der Waals surface area (Å²) in [5.41, 5.74) is 0. The van der Waals surface area contributed by atoms with Crippen LogP contribution < -0.4 is 0 Å². The van der Waals surface area contributed by atoms with Crippen molar-refractivity contribution in [3.05, 3.63) is 0 Å². The van der Waals surface area contributed by atoms with Crippen molar-refractivity contribution in [2.24, 2.45) is 0 Å². The fraction of sp³-hybridized carbons (Fsp3) is 0.667. The first-order chi connectivity index (χ1) is 4.64. The van der Waals surface area contributed by atoms with Crippen molar-refractivity contribution in [1.82, 2.24) is 0 Å². The third kappa shape index (κ3) is 46.5. The number of hydrogen-bond donors (Lipinski definition) is 5. The molecular weight excluding hydrogens is 202 g/mol. The van der Waals surface area contributed by atoms with Crippen LogP contribution in [0, 0.1) is 0 Å². The molecule has 0 radical (unpaired) electrons. The van der Waals surface area contributed by atoms with Crippen molar-refractivity contribution < 1.29 is 34.3 Å². The first-order valence-electron chi connectivity index (χ1n) is 2.33. The van der Waals surface area contributed by atoms with E-state index in [0.717, 1.165) is 0 Å². The predicted octanol–water partition coefficient (Wildman–Crippen LogP) is -2.13. The van der Waals surface area contributed by atoms with Gasteiger partial charge in [0.25, 0.3) is 0 Å². The van der Waals surface area contributed by atoms with Crippen LogP contribution in [-0.4, -0.2) is 66.5 Å². The summed E-state index contributed by atoms with van der Waals surface area (Å²) in [6.45, 7) is 1.20. The average molecular weight is 212 g/mol. The number of hydrogen-bond acceptors (Lipinski definition) is 3. The number of rotatable bonds is 1. The molecule has 5 N–H and O–H groups in total. The van der Waals surface area contributed by atoms with E-state index in [2.05, 4.69) is 0 Å². The van der Waals surface area contributed by atoms with E-state index in [0.29, 0.717) is 0 Å². The SMILES string of the molecule is CC(O)C(=O)O.O=P(O)(O)O.[NaH]. The van der Waals surface area contributed by atoms with Crippen LogP contribution in [0.25, 0.3) is 0 Å². The van der Waals surface area contributed by atoms with Crippen LogP contribution in [0.2, 0.25) is 0 Å². The molecule has 0 aliphatic carbocycles. The molecule has 9 heteroatoms. The fourth-order valence-corrected chi connectivity index (χ4v) is 0. The summed E-state index contributed by atoms with van der Waals surface area (Å²) in [5.74, 6) is -1.19. The first-order valence-corrected chi connectivity index (χ1v) is 3.90. The number of carboxylic acid groups (broad SMARTS) is 1. The molecule has 0 aromatic rings. The maximum absolute atomic E-state index is 9.45. The van der Waals surface area contributed by atoms with Crippen molar-refractivity contribution in [3.8, 4) is 0 Å². The van der Waals surface area contributed by atoms with Crippen molar-refractivity contribution >= 4 is 43.3 Å². The van der Waals surface area contributed by atoms with Crippen LogP contribution in [0.15, 0.2) is 0 Å². The van der Waals surface area contributed by atoms with Crippen molar-refractivity contribution in [1.29, 1.82) is 0 Å². The Balaban J connectivity index is -0.000000126. The molecule has 0 heterocycles. The molecule has 0 amide bonds. The van der Waals surface area contributed by atoms with Crippen LogP contribution in [-0.2, 0) is 9.36 Å². The summed E-state index contributed by atoms with van der Waals surface area (Å²) in [6.07, 6.45) is -1.23. The quantitative estimate of drug-likeness (QED) is 0.247. The Bertz CT molecular complexity index is 154. The second kappa shape index (κ2) is 8.15. The molecule has 0 rings (SSSR count). The third-order valence-corrected chi connectivity index (χ3v) is 0.357. The molecule has 1 unspecified atom stereocenters. The number of phosphoric acid groups is 1. The summed E-state index contributed by atoms with van der Waals surface area (Å²) >= 11 is 0. The van der Waals surface area contributed by atoms with Crippen molar-refractivity contribution in [2.75, 3.05) is 0 Å². The fourth-order valence-electron chi connectivity index (χ4n) is 0. The van der Waals surface area contributed by atoms with E-state index in [1.165, 1.54) is 6.92 Å². The van der Waals surface area contributed by atoms with E-state index in [4.69, 9.17) is 29.5 Å². The zero-order chi connectivity index (χ0) is 9.65. The van der Waals surface area contributed by atoms with Crippen LogP contribution in [0.1, 0.15) is 6.92 Å². The van der Waals surface area contributed by atoms with Gasteiger partial charge < -0.3 is 24.9 Å². The van der Waals surface area contributed by atoms with E-state index in [-0.39, 0.29) is 29.6 Å². The summed E-state index contributed by atoms with van der Waals surface area (Å²) in [7, 11) is -4.64. The number of carboxylic acids is 1. The standard InChI is InChI=1S/C3H6O3.Na.H3O4P.H/c1-2(4)3(5)6;;1-5(2,3)4;/h2,4H,1H3,(H,5,6);;(H3,1,2,3,4);. The molecule has 0 saturated carbocycles. The summed E-state index contributed by atoms with van der Waals surface area (Å²) in [6, 6.07) is 0. The van der Waals surface area contributed by atoms with E-state index in [1.54, 1.807) is 0 Å². The van der Waals surface area contributed by atoms with Gasteiger partial charge in [-0.05, 0) is 6.92 Å². The van der Waals surface area contributed by atoms with Gasteiger partial charge >= 0.3 is 43.3 Å². The summed E-state index contributed by atoms with van der Waals surface area (Å²) < 4.78 is 8.88. The molecule has 0 aromatic heterocycles. The second-order valence-electron chi connectivity index (χ2n) is 1.53. The van der Waals surface area contributed by atoms with Gasteiger partial charge in [0.05, 0.1) is 0 Å². The average Bonchev–Trinajstić information content (AvgIpc) is 1.59. The van der Waals surface area contributed by atoms with E-state index >= 15 is 0 Å². The van der Waals surface area contributed by atoms with Crippen LogP contribution in [0.3, 0.4) is 0 Å². The molecule has 1 atom stereocenters. The Morgan fingerprint density at radius 3 is 1.42 bits per heavy atom. The number of aliphatic hydroxyl groups is 1. The molecule has 0 bridgehead atoms. The minimum atomic E-state index is -4.64. The van der Waals surface area contributed by atoms with Crippen LogP contribution in [0.4, 0.5) is 0 Å². The molecule has 0 aromatic carbocycles. The number of carbonyl (C=O) groups is 1. The molecular formula is C3H10NaO7P. The Hall–Kier alpha value is 0.540. The van der Waals surface area contributed by atoms with E-state index in [9.17, 15) is 4.79 Å². The zero-order valence-electron chi connectivity index (χ0n) is 5.58. The monoisotopic (exact) mass is 212 g/mol. The van der Waals surface area contributed by atoms with Gasteiger partial charge in [-0.3, -0.25) is 0 Å². The molecule has 0 aliphatic heterocycles. The van der Waals surface area contributed by atoms with Crippen LogP contribution in [0.5, 0.6) is 0 Å². The maximum atomic E-state index is 9.45. The van der Waals surface area contributed by atoms with E-state index < -0.39 is 19.9 Å². The number of aliphatic hydroxyl groups excluding tert-OH is 1. The van der Waals surface area contributed by atoms with Crippen LogP contribution >= 0.6 is 7.82 Å². The Morgan fingerprint density at radius 1 is 1.33 bits per heavy atom. The predicted molar refractivity (Wildman–Crippen MR) is 40.7 cm³/mol. The summed E-state index contributed by atoms with van der Waals surface area (Å²) in [5, 5.41) is 15.8. The van der Waals surface area contributed by atoms with Gasteiger partial charge in [-0.1, -0.05) is 0 Å². The van der Waals surface area contributed by atoms with Gasteiger partial charge in [0.15, 0.2) is 0 Å². The van der Waals surface area contributed by atoms with Crippen molar-refractivity contribution in [3.63, 3.8) is 0 Å². The molecule has 0 saturated heterocycles. The molecule has 7 nitrogen and oxygen atoms in total. The zero-order valence-corrected chi connectivity index (χ0v) is 6.47. The minimum absolute atomic E-state index is 0. The number of aliphatic carboxylic acids is 1. The first kappa shape index (κ1) is 18.3. The topological polar surface area (TPSA) is 135 Å². The Kier molecular flexibility index (Phi) is 12.5. The van der Waals surface area contributed by atoms with Gasteiger partial charge in [-0.25, -0.2) is 9.36 Å². The molecule has 12 heavy (non-hydrogen) atoms. The van der Waals surface area contributed by atoms with Gasteiger partial charge in [0, 0.05) is 0 Å². The Morgan fingerprint density at radius 2 is 1.42 bits per heavy atom. The van der Waals surface area contributed by atoms with Crippen molar-refractivity contribution in [2.45, 2.75) is 13.0 Å². The molecule has 0 aliphatic rings.